The minimum Gasteiger partial charge on any atom is -0.497 e. The molecule has 1 aromatic heterocycles. The number of rotatable bonds is 9. The summed E-state index contributed by atoms with van der Waals surface area (Å²) in [6.45, 7) is 1.72. The van der Waals surface area contributed by atoms with Crippen LogP contribution < -0.4 is 15.8 Å². The first-order chi connectivity index (χ1) is 12.7. The van der Waals surface area contributed by atoms with Crippen LogP contribution in [0.3, 0.4) is 0 Å². The van der Waals surface area contributed by atoms with E-state index < -0.39 is 0 Å². The molecule has 0 amide bonds. The van der Waals surface area contributed by atoms with Crippen LogP contribution >= 0.6 is 11.6 Å². The fourth-order valence-corrected chi connectivity index (χ4v) is 3.39. The summed E-state index contributed by atoms with van der Waals surface area (Å²) in [4.78, 5) is 4.76. The number of ether oxygens (including phenoxy) is 1. The van der Waals surface area contributed by atoms with Crippen molar-refractivity contribution in [1.29, 1.82) is 0 Å². The van der Waals surface area contributed by atoms with E-state index >= 15 is 0 Å². The van der Waals surface area contributed by atoms with Gasteiger partial charge in [-0.15, -0.1) is 0 Å². The first-order valence-corrected chi connectivity index (χ1v) is 9.61. The maximum Gasteiger partial charge on any atom is 0.119 e. The van der Waals surface area contributed by atoms with E-state index in [0.29, 0.717) is 5.02 Å². The predicted molar refractivity (Wildman–Crippen MR) is 111 cm³/mol. The third-order valence-corrected chi connectivity index (χ3v) is 4.86. The van der Waals surface area contributed by atoms with Crippen molar-refractivity contribution in [1.82, 2.24) is 4.98 Å². The van der Waals surface area contributed by atoms with Crippen molar-refractivity contribution < 1.29 is 4.74 Å². The van der Waals surface area contributed by atoms with Crippen LogP contribution in [0.25, 0.3) is 21.8 Å². The molecule has 0 atom stereocenters. The maximum absolute atomic E-state index is 6.17. The topological polar surface area (TPSA) is 60.2 Å². The van der Waals surface area contributed by atoms with Gasteiger partial charge >= 0.3 is 0 Å². The van der Waals surface area contributed by atoms with E-state index in [-0.39, 0.29) is 0 Å². The Bertz CT molecular complexity index is 882. The highest BCUT2D eigenvalue weighted by Gasteiger charge is 2.10. The van der Waals surface area contributed by atoms with Crippen LogP contribution in [0.15, 0.2) is 36.4 Å². The zero-order valence-corrected chi connectivity index (χ0v) is 16.0. The molecule has 0 fully saturated rings. The third kappa shape index (κ3) is 4.37. The molecule has 4 nitrogen and oxygen atoms in total. The average molecular weight is 372 g/mol. The molecule has 0 saturated heterocycles. The smallest absolute Gasteiger partial charge is 0.119 e. The normalized spacial score (nSPS) is 11.2. The summed E-state index contributed by atoms with van der Waals surface area (Å²) in [5.41, 5.74) is 8.49. The van der Waals surface area contributed by atoms with Gasteiger partial charge in [0.05, 0.1) is 23.8 Å². The Morgan fingerprint density at radius 2 is 1.77 bits per heavy atom. The number of benzene rings is 2. The van der Waals surface area contributed by atoms with Crippen LogP contribution in [0.1, 0.15) is 32.1 Å². The molecular weight excluding hydrogens is 346 g/mol. The SMILES string of the molecule is COc1ccc2nc3cc(Cl)ccc3c(NCCCCCCCN)c2c1. The van der Waals surface area contributed by atoms with Gasteiger partial charge in [-0.25, -0.2) is 4.98 Å². The van der Waals surface area contributed by atoms with Crippen LogP contribution in [0.2, 0.25) is 5.02 Å². The number of halogens is 1. The van der Waals surface area contributed by atoms with Gasteiger partial charge in [-0.2, -0.15) is 0 Å². The van der Waals surface area contributed by atoms with E-state index in [1.807, 2.05) is 36.4 Å². The van der Waals surface area contributed by atoms with E-state index in [2.05, 4.69) is 5.32 Å². The van der Waals surface area contributed by atoms with E-state index in [0.717, 1.165) is 59.2 Å². The van der Waals surface area contributed by atoms with Crippen LogP contribution in [-0.2, 0) is 0 Å². The van der Waals surface area contributed by atoms with Crippen molar-refractivity contribution in [3.63, 3.8) is 0 Å². The summed E-state index contributed by atoms with van der Waals surface area (Å²) in [6, 6.07) is 11.8. The monoisotopic (exact) mass is 371 g/mol. The molecule has 0 aliphatic rings. The molecule has 3 rings (SSSR count). The van der Waals surface area contributed by atoms with Crippen LogP contribution in [-0.4, -0.2) is 25.2 Å². The molecule has 1 heterocycles. The summed E-state index contributed by atoms with van der Waals surface area (Å²) in [6.07, 6.45) is 5.91. The number of fused-ring (bicyclic) bond motifs is 2. The summed E-state index contributed by atoms with van der Waals surface area (Å²) in [5.74, 6) is 0.831. The molecule has 0 spiro atoms. The Kier molecular flexibility index (Phi) is 6.53. The fraction of sp³-hybridized carbons (Fsp3) is 0.381. The maximum atomic E-state index is 6.17. The highest BCUT2D eigenvalue weighted by atomic mass is 35.5. The van der Waals surface area contributed by atoms with Crippen molar-refractivity contribution in [2.45, 2.75) is 32.1 Å². The summed E-state index contributed by atoms with van der Waals surface area (Å²) in [5, 5.41) is 6.48. The molecule has 0 saturated carbocycles. The van der Waals surface area contributed by atoms with Gasteiger partial charge < -0.3 is 15.8 Å². The Morgan fingerprint density at radius 1 is 0.962 bits per heavy atom. The highest BCUT2D eigenvalue weighted by molar-refractivity contribution is 6.31. The lowest BCUT2D eigenvalue weighted by atomic mass is 10.1. The number of hydrogen-bond acceptors (Lipinski definition) is 4. The largest absolute Gasteiger partial charge is 0.497 e. The minimum atomic E-state index is 0.698. The van der Waals surface area contributed by atoms with Gasteiger partial charge in [-0.3, -0.25) is 0 Å². The molecule has 0 bridgehead atoms. The van der Waals surface area contributed by atoms with E-state index in [1.165, 1.54) is 19.3 Å². The van der Waals surface area contributed by atoms with Gasteiger partial charge in [0.1, 0.15) is 5.75 Å². The number of nitrogens with zero attached hydrogens (tertiary/aromatic N) is 1. The number of hydrogen-bond donors (Lipinski definition) is 2. The Balaban J connectivity index is 1.86. The van der Waals surface area contributed by atoms with Gasteiger partial charge in [0, 0.05) is 22.3 Å². The van der Waals surface area contributed by atoms with Gasteiger partial charge in [0.2, 0.25) is 0 Å². The number of methoxy groups -OCH3 is 1. The third-order valence-electron chi connectivity index (χ3n) is 4.63. The fourth-order valence-electron chi connectivity index (χ4n) is 3.23. The predicted octanol–water partition coefficient (Wildman–Crippen LogP) is 5.37. The lowest BCUT2D eigenvalue weighted by Crippen LogP contribution is -2.04. The number of unbranched alkanes of at least 4 members (excludes halogenated alkanes) is 4. The highest BCUT2D eigenvalue weighted by Crippen LogP contribution is 2.34. The standard InChI is InChI=1S/C21H26ClN3O/c1-26-16-8-10-19-18(14-16)21(24-12-6-4-2-3-5-11-23)17-9-7-15(22)13-20(17)25-19/h7-10,13-14H,2-6,11-12,23H2,1H3,(H,24,25). The van der Waals surface area contributed by atoms with Gasteiger partial charge in [0.15, 0.2) is 0 Å². The second-order valence-corrected chi connectivity index (χ2v) is 6.95. The van der Waals surface area contributed by atoms with Gasteiger partial charge in [-0.05, 0) is 55.8 Å². The quantitative estimate of drug-likeness (QED) is 0.392. The van der Waals surface area contributed by atoms with E-state index in [4.69, 9.17) is 27.1 Å². The number of aromatic nitrogens is 1. The van der Waals surface area contributed by atoms with Gasteiger partial charge in [-0.1, -0.05) is 30.9 Å². The van der Waals surface area contributed by atoms with Crippen molar-refractivity contribution in [3.8, 4) is 5.75 Å². The molecule has 138 valence electrons. The zero-order chi connectivity index (χ0) is 18.4. The first-order valence-electron chi connectivity index (χ1n) is 9.24. The molecule has 26 heavy (non-hydrogen) atoms. The van der Waals surface area contributed by atoms with Crippen molar-refractivity contribution in [2.75, 3.05) is 25.5 Å². The molecule has 0 unspecified atom stereocenters. The first kappa shape index (κ1) is 18.7. The number of nitrogens with two attached hydrogens (primary N) is 1. The van der Waals surface area contributed by atoms with Crippen LogP contribution in [0.5, 0.6) is 5.75 Å². The Labute approximate surface area is 159 Å². The lowest BCUT2D eigenvalue weighted by molar-refractivity contribution is 0.415. The second kappa shape index (κ2) is 9.06. The number of pyridine rings is 1. The Hall–Kier alpha value is -2.04. The molecule has 3 N–H and O–H groups in total. The molecule has 0 aliphatic heterocycles. The van der Waals surface area contributed by atoms with Crippen molar-refractivity contribution in [2.24, 2.45) is 5.73 Å². The molecule has 0 radical (unpaired) electrons. The lowest BCUT2D eigenvalue weighted by Gasteiger charge is -2.14. The molecule has 0 aliphatic carbocycles. The van der Waals surface area contributed by atoms with E-state index in [1.54, 1.807) is 7.11 Å². The van der Waals surface area contributed by atoms with Crippen molar-refractivity contribution >= 4 is 39.1 Å². The molecule has 3 aromatic rings. The summed E-state index contributed by atoms with van der Waals surface area (Å²) < 4.78 is 5.40. The average Bonchev–Trinajstić information content (AvgIpc) is 2.66. The summed E-state index contributed by atoms with van der Waals surface area (Å²) >= 11 is 6.17. The second-order valence-electron chi connectivity index (χ2n) is 6.51. The minimum absolute atomic E-state index is 0.698. The summed E-state index contributed by atoms with van der Waals surface area (Å²) in [7, 11) is 1.68. The number of anilines is 1. The number of nitrogens with one attached hydrogen (secondary N) is 1. The van der Waals surface area contributed by atoms with Gasteiger partial charge in [0.25, 0.3) is 0 Å². The molecular formula is C21H26ClN3O. The zero-order valence-electron chi connectivity index (χ0n) is 15.2. The Morgan fingerprint density at radius 3 is 2.58 bits per heavy atom. The van der Waals surface area contributed by atoms with Crippen LogP contribution in [0, 0.1) is 0 Å². The molecule has 5 heteroatoms. The van der Waals surface area contributed by atoms with Crippen molar-refractivity contribution in [3.05, 3.63) is 41.4 Å². The van der Waals surface area contributed by atoms with E-state index in [9.17, 15) is 0 Å². The van der Waals surface area contributed by atoms with Crippen LogP contribution in [0.4, 0.5) is 5.69 Å². The molecule has 2 aromatic carbocycles.